The predicted molar refractivity (Wildman–Crippen MR) is 50.5 cm³/mol. The third-order valence-corrected chi connectivity index (χ3v) is 2.68. The van der Waals surface area contributed by atoms with Gasteiger partial charge in [-0.25, -0.2) is 0 Å². The third-order valence-electron chi connectivity index (χ3n) is 2.68. The normalized spacial score (nSPS) is 29.7. The summed E-state index contributed by atoms with van der Waals surface area (Å²) in [4.78, 5) is 15.2. The van der Waals surface area contributed by atoms with E-state index in [0.717, 1.165) is 5.56 Å². The SMILES string of the molecule is COC(=O)C1(N)CC1c1ccncc1. The molecule has 0 saturated heterocycles. The molecule has 2 N–H and O–H groups in total. The zero-order valence-corrected chi connectivity index (χ0v) is 7.93. The van der Waals surface area contributed by atoms with E-state index in [2.05, 4.69) is 9.72 Å². The Kier molecular flexibility index (Phi) is 2.00. The molecule has 1 aliphatic rings. The molecular weight excluding hydrogens is 180 g/mol. The molecule has 0 amide bonds. The molecule has 1 heterocycles. The first-order chi connectivity index (χ1) is 6.68. The first kappa shape index (κ1) is 9.15. The molecule has 1 aromatic rings. The lowest BCUT2D eigenvalue weighted by atomic mass is 10.1. The summed E-state index contributed by atoms with van der Waals surface area (Å²) in [6, 6.07) is 3.75. The van der Waals surface area contributed by atoms with Crippen LogP contribution in [-0.4, -0.2) is 23.6 Å². The molecule has 2 unspecified atom stereocenters. The molecule has 0 aliphatic heterocycles. The average molecular weight is 192 g/mol. The zero-order valence-electron chi connectivity index (χ0n) is 7.93. The molecule has 0 spiro atoms. The van der Waals surface area contributed by atoms with E-state index in [-0.39, 0.29) is 11.9 Å². The van der Waals surface area contributed by atoms with E-state index in [9.17, 15) is 4.79 Å². The van der Waals surface area contributed by atoms with Crippen molar-refractivity contribution in [2.45, 2.75) is 17.9 Å². The molecule has 1 fully saturated rings. The molecular formula is C10H12N2O2. The van der Waals surface area contributed by atoms with Crippen molar-refractivity contribution >= 4 is 5.97 Å². The van der Waals surface area contributed by atoms with Crippen molar-refractivity contribution in [2.24, 2.45) is 5.73 Å². The van der Waals surface area contributed by atoms with Crippen molar-refractivity contribution < 1.29 is 9.53 Å². The molecule has 0 radical (unpaired) electrons. The smallest absolute Gasteiger partial charge is 0.326 e. The number of ether oxygens (including phenoxy) is 1. The predicted octanol–water partition coefficient (Wildman–Crippen LogP) is 0.439. The van der Waals surface area contributed by atoms with E-state index >= 15 is 0 Å². The van der Waals surface area contributed by atoms with Crippen LogP contribution < -0.4 is 5.73 Å². The molecule has 1 aliphatic carbocycles. The molecule has 1 aromatic heterocycles. The minimum atomic E-state index is -0.809. The Morgan fingerprint density at radius 2 is 2.29 bits per heavy atom. The highest BCUT2D eigenvalue weighted by Gasteiger charge is 2.58. The van der Waals surface area contributed by atoms with E-state index in [1.165, 1.54) is 7.11 Å². The Bertz CT molecular complexity index is 352. The second-order valence-corrected chi connectivity index (χ2v) is 3.57. The molecule has 4 heteroatoms. The van der Waals surface area contributed by atoms with Crippen molar-refractivity contribution in [2.75, 3.05) is 7.11 Å². The minimum absolute atomic E-state index is 0.0814. The number of hydrogen-bond acceptors (Lipinski definition) is 4. The highest BCUT2D eigenvalue weighted by Crippen LogP contribution is 2.49. The molecule has 4 nitrogen and oxygen atoms in total. The number of rotatable bonds is 2. The monoisotopic (exact) mass is 192 g/mol. The average Bonchev–Trinajstić information content (AvgIpc) is 2.92. The maximum Gasteiger partial charge on any atom is 0.326 e. The summed E-state index contributed by atoms with van der Waals surface area (Å²) in [7, 11) is 1.36. The Balaban J connectivity index is 2.16. The van der Waals surface area contributed by atoms with E-state index in [1.54, 1.807) is 12.4 Å². The van der Waals surface area contributed by atoms with Crippen molar-refractivity contribution in [3.63, 3.8) is 0 Å². The van der Waals surface area contributed by atoms with Crippen LogP contribution in [0.5, 0.6) is 0 Å². The number of carbonyl (C=O) groups excluding carboxylic acids is 1. The van der Waals surface area contributed by atoms with Crippen molar-refractivity contribution in [3.8, 4) is 0 Å². The summed E-state index contributed by atoms with van der Waals surface area (Å²) >= 11 is 0. The second-order valence-electron chi connectivity index (χ2n) is 3.57. The maximum absolute atomic E-state index is 11.3. The fourth-order valence-corrected chi connectivity index (χ4v) is 1.71. The van der Waals surface area contributed by atoms with Crippen LogP contribution in [0.25, 0.3) is 0 Å². The van der Waals surface area contributed by atoms with E-state index in [4.69, 9.17) is 5.73 Å². The summed E-state index contributed by atoms with van der Waals surface area (Å²) in [6.45, 7) is 0. The number of pyridine rings is 1. The van der Waals surface area contributed by atoms with Crippen LogP contribution in [0.1, 0.15) is 17.9 Å². The quantitative estimate of drug-likeness (QED) is 0.690. The lowest BCUT2D eigenvalue weighted by molar-refractivity contribution is -0.143. The molecule has 1 saturated carbocycles. The van der Waals surface area contributed by atoms with Crippen LogP contribution in [0.15, 0.2) is 24.5 Å². The lowest BCUT2D eigenvalue weighted by Gasteiger charge is -2.08. The summed E-state index contributed by atoms with van der Waals surface area (Å²) in [6.07, 6.45) is 4.06. The van der Waals surface area contributed by atoms with Crippen LogP contribution in [0.3, 0.4) is 0 Å². The number of carbonyl (C=O) groups is 1. The van der Waals surface area contributed by atoms with Gasteiger partial charge in [0.15, 0.2) is 0 Å². The lowest BCUT2D eigenvalue weighted by Crippen LogP contribution is -2.35. The van der Waals surface area contributed by atoms with Crippen LogP contribution in [-0.2, 0) is 9.53 Å². The van der Waals surface area contributed by atoms with Gasteiger partial charge in [0.25, 0.3) is 0 Å². The molecule has 2 atom stereocenters. The first-order valence-electron chi connectivity index (χ1n) is 4.45. The largest absolute Gasteiger partial charge is 0.468 e. The van der Waals surface area contributed by atoms with Gasteiger partial charge in [-0.3, -0.25) is 9.78 Å². The Labute approximate surface area is 82.1 Å². The molecule has 74 valence electrons. The minimum Gasteiger partial charge on any atom is -0.468 e. The van der Waals surface area contributed by atoms with E-state index in [0.29, 0.717) is 6.42 Å². The number of nitrogens with two attached hydrogens (primary N) is 1. The van der Waals surface area contributed by atoms with Crippen molar-refractivity contribution in [1.29, 1.82) is 0 Å². The summed E-state index contributed by atoms with van der Waals surface area (Å²) < 4.78 is 4.65. The third kappa shape index (κ3) is 1.28. The fourth-order valence-electron chi connectivity index (χ4n) is 1.71. The van der Waals surface area contributed by atoms with Gasteiger partial charge in [0.2, 0.25) is 0 Å². The van der Waals surface area contributed by atoms with Crippen LogP contribution in [0.2, 0.25) is 0 Å². The Morgan fingerprint density at radius 1 is 1.64 bits per heavy atom. The van der Waals surface area contributed by atoms with Gasteiger partial charge in [-0.1, -0.05) is 0 Å². The second kappa shape index (κ2) is 3.06. The van der Waals surface area contributed by atoms with Gasteiger partial charge in [-0.05, 0) is 24.1 Å². The van der Waals surface area contributed by atoms with Crippen molar-refractivity contribution in [1.82, 2.24) is 4.98 Å². The fraction of sp³-hybridized carbons (Fsp3) is 0.400. The van der Waals surface area contributed by atoms with Crippen LogP contribution in [0, 0.1) is 0 Å². The molecule has 2 rings (SSSR count). The standard InChI is InChI=1S/C10H12N2O2/c1-14-9(13)10(11)6-8(10)7-2-4-12-5-3-7/h2-5,8H,6,11H2,1H3. The first-order valence-corrected chi connectivity index (χ1v) is 4.45. The Morgan fingerprint density at radius 3 is 2.86 bits per heavy atom. The highest BCUT2D eigenvalue weighted by molar-refractivity contribution is 5.86. The summed E-state index contributed by atoms with van der Waals surface area (Å²) in [5.74, 6) is -0.253. The number of methoxy groups -OCH3 is 1. The van der Waals surface area contributed by atoms with Gasteiger partial charge in [0.1, 0.15) is 5.54 Å². The summed E-state index contributed by atoms with van der Waals surface area (Å²) in [5, 5.41) is 0. The number of esters is 1. The van der Waals surface area contributed by atoms with Gasteiger partial charge in [0, 0.05) is 18.3 Å². The van der Waals surface area contributed by atoms with Gasteiger partial charge in [0.05, 0.1) is 7.11 Å². The number of nitrogens with zero attached hydrogens (tertiary/aromatic N) is 1. The molecule has 14 heavy (non-hydrogen) atoms. The summed E-state index contributed by atoms with van der Waals surface area (Å²) in [5.41, 5.74) is 6.12. The van der Waals surface area contributed by atoms with Crippen LogP contribution in [0.4, 0.5) is 0 Å². The van der Waals surface area contributed by atoms with E-state index in [1.807, 2.05) is 12.1 Å². The molecule has 0 bridgehead atoms. The number of hydrogen-bond donors (Lipinski definition) is 1. The van der Waals surface area contributed by atoms with Gasteiger partial charge < -0.3 is 10.5 Å². The zero-order chi connectivity index (χ0) is 10.2. The highest BCUT2D eigenvalue weighted by atomic mass is 16.5. The van der Waals surface area contributed by atoms with Gasteiger partial charge in [-0.15, -0.1) is 0 Å². The van der Waals surface area contributed by atoms with E-state index < -0.39 is 5.54 Å². The number of aromatic nitrogens is 1. The Hall–Kier alpha value is -1.42. The topological polar surface area (TPSA) is 65.2 Å². The maximum atomic E-state index is 11.3. The van der Waals surface area contributed by atoms with Crippen LogP contribution >= 0.6 is 0 Å². The van der Waals surface area contributed by atoms with Gasteiger partial charge >= 0.3 is 5.97 Å². The van der Waals surface area contributed by atoms with Crippen molar-refractivity contribution in [3.05, 3.63) is 30.1 Å². The van der Waals surface area contributed by atoms with Gasteiger partial charge in [-0.2, -0.15) is 0 Å². The molecule has 0 aromatic carbocycles.